The van der Waals surface area contributed by atoms with E-state index < -0.39 is 17.7 Å². The summed E-state index contributed by atoms with van der Waals surface area (Å²) in [5.41, 5.74) is 2.94. The summed E-state index contributed by atoms with van der Waals surface area (Å²) in [6, 6.07) is 19.2. The molecule has 3 aromatic carbocycles. The topological polar surface area (TPSA) is 85.3 Å². The van der Waals surface area contributed by atoms with E-state index >= 15 is 0 Å². The summed E-state index contributed by atoms with van der Waals surface area (Å²) in [5.74, 6) is 0.626. The van der Waals surface area contributed by atoms with Gasteiger partial charge in [-0.1, -0.05) is 38.1 Å². The molecule has 1 amide bonds. The summed E-state index contributed by atoms with van der Waals surface area (Å²) >= 11 is 0. The summed E-state index contributed by atoms with van der Waals surface area (Å²) in [4.78, 5) is 28.4. The van der Waals surface area contributed by atoms with Gasteiger partial charge >= 0.3 is 0 Å². The maximum Gasteiger partial charge on any atom is 0.295 e. The molecule has 7 nitrogen and oxygen atoms in total. The SMILES string of the molecule is CCOc1ccc(CN2C(=O)C(=O)/C(=C(\O)c3ccc(OCC)c(C(C)C)c3)C2c2ccc(OC)cc2)cc1. The molecule has 0 radical (unpaired) electrons. The van der Waals surface area contributed by atoms with Crippen molar-refractivity contribution in [2.45, 2.75) is 46.2 Å². The Kier molecular flexibility index (Phi) is 8.59. The first kappa shape index (κ1) is 27.8. The molecule has 0 bridgehead atoms. The fourth-order valence-electron chi connectivity index (χ4n) is 4.82. The van der Waals surface area contributed by atoms with Crippen molar-refractivity contribution in [3.8, 4) is 17.2 Å². The Labute approximate surface area is 229 Å². The second-order valence-electron chi connectivity index (χ2n) is 9.62. The van der Waals surface area contributed by atoms with Crippen LogP contribution in [0.3, 0.4) is 0 Å². The number of ketones is 1. The highest BCUT2D eigenvalue weighted by Gasteiger charge is 2.46. The van der Waals surface area contributed by atoms with Gasteiger partial charge in [-0.25, -0.2) is 0 Å². The van der Waals surface area contributed by atoms with Gasteiger partial charge in [-0.15, -0.1) is 0 Å². The normalized spacial score (nSPS) is 16.6. The zero-order chi connectivity index (χ0) is 28.1. The van der Waals surface area contributed by atoms with Crippen LogP contribution in [0, 0.1) is 0 Å². The number of rotatable bonds is 10. The minimum atomic E-state index is -0.781. The third-order valence-corrected chi connectivity index (χ3v) is 6.76. The van der Waals surface area contributed by atoms with Crippen LogP contribution in [-0.4, -0.2) is 42.0 Å². The van der Waals surface area contributed by atoms with E-state index in [4.69, 9.17) is 14.2 Å². The molecule has 0 aromatic heterocycles. The van der Waals surface area contributed by atoms with Gasteiger partial charge in [-0.05, 0) is 78.9 Å². The Morgan fingerprint density at radius 2 is 1.54 bits per heavy atom. The number of carbonyl (C=O) groups excluding carboxylic acids is 2. The number of Topliss-reactive ketones (excluding diaryl/α,β-unsaturated/α-hetero) is 1. The summed E-state index contributed by atoms with van der Waals surface area (Å²) < 4.78 is 16.6. The van der Waals surface area contributed by atoms with Gasteiger partial charge in [0.1, 0.15) is 23.0 Å². The number of likely N-dealkylation sites (tertiary alicyclic amines) is 1. The highest BCUT2D eigenvalue weighted by Crippen LogP contribution is 2.41. The van der Waals surface area contributed by atoms with E-state index in [1.807, 2.05) is 70.2 Å². The fourth-order valence-corrected chi connectivity index (χ4v) is 4.82. The molecule has 1 heterocycles. The summed E-state index contributed by atoms with van der Waals surface area (Å²) in [6.45, 7) is 9.15. The standard InChI is InChI=1S/C32H35NO6/c1-6-38-25-13-8-21(9-14-25)19-33-29(22-10-15-24(37-5)16-11-22)28(31(35)32(33)36)30(34)23-12-17-27(39-7-2)26(18-23)20(3)4/h8-18,20,29,34H,6-7,19H2,1-5H3/b30-28-. The maximum atomic E-state index is 13.5. The first-order chi connectivity index (χ1) is 18.8. The van der Waals surface area contributed by atoms with Crippen molar-refractivity contribution >= 4 is 17.4 Å². The molecule has 0 aliphatic carbocycles. The van der Waals surface area contributed by atoms with Crippen LogP contribution < -0.4 is 14.2 Å². The zero-order valence-corrected chi connectivity index (χ0v) is 23.1. The second-order valence-corrected chi connectivity index (χ2v) is 9.62. The van der Waals surface area contributed by atoms with E-state index in [9.17, 15) is 14.7 Å². The number of carbonyl (C=O) groups is 2. The minimum Gasteiger partial charge on any atom is -0.507 e. The number of hydrogen-bond acceptors (Lipinski definition) is 6. The molecule has 39 heavy (non-hydrogen) atoms. The smallest absolute Gasteiger partial charge is 0.295 e. The van der Waals surface area contributed by atoms with Crippen molar-refractivity contribution in [3.63, 3.8) is 0 Å². The van der Waals surface area contributed by atoms with Crippen LogP contribution in [0.1, 0.15) is 61.9 Å². The second kappa shape index (κ2) is 12.1. The molecule has 3 aromatic rings. The third-order valence-electron chi connectivity index (χ3n) is 6.76. The molecule has 1 N–H and O–H groups in total. The van der Waals surface area contributed by atoms with Crippen molar-refractivity contribution in [3.05, 3.63) is 94.6 Å². The van der Waals surface area contributed by atoms with E-state index in [-0.39, 0.29) is 23.8 Å². The van der Waals surface area contributed by atoms with Crippen molar-refractivity contribution in [1.29, 1.82) is 0 Å². The molecule has 0 spiro atoms. The molecular weight excluding hydrogens is 494 g/mol. The van der Waals surface area contributed by atoms with Crippen LogP contribution in [0.15, 0.2) is 72.3 Å². The van der Waals surface area contributed by atoms with Crippen molar-refractivity contribution < 1.29 is 28.9 Å². The van der Waals surface area contributed by atoms with Crippen molar-refractivity contribution in [1.82, 2.24) is 4.90 Å². The van der Waals surface area contributed by atoms with Gasteiger partial charge in [-0.2, -0.15) is 0 Å². The Bertz CT molecular complexity index is 1360. The molecule has 1 atom stereocenters. The van der Waals surface area contributed by atoms with Gasteiger partial charge in [0.15, 0.2) is 0 Å². The van der Waals surface area contributed by atoms with Crippen LogP contribution in [0.25, 0.3) is 5.76 Å². The average molecular weight is 530 g/mol. The molecule has 4 rings (SSSR count). The lowest BCUT2D eigenvalue weighted by Gasteiger charge is -2.26. The van der Waals surface area contributed by atoms with Crippen LogP contribution in [-0.2, 0) is 16.1 Å². The molecule has 1 saturated heterocycles. The summed E-state index contributed by atoms with van der Waals surface area (Å²) in [7, 11) is 1.57. The van der Waals surface area contributed by atoms with Gasteiger partial charge in [0.25, 0.3) is 11.7 Å². The molecule has 1 aliphatic rings. The molecule has 7 heteroatoms. The lowest BCUT2D eigenvalue weighted by molar-refractivity contribution is -0.140. The van der Waals surface area contributed by atoms with E-state index in [0.29, 0.717) is 30.1 Å². The largest absolute Gasteiger partial charge is 0.507 e. The lowest BCUT2D eigenvalue weighted by Crippen LogP contribution is -2.29. The number of nitrogens with zero attached hydrogens (tertiary/aromatic N) is 1. The van der Waals surface area contributed by atoms with E-state index in [1.165, 1.54) is 4.90 Å². The zero-order valence-electron chi connectivity index (χ0n) is 23.1. The predicted molar refractivity (Wildman–Crippen MR) is 150 cm³/mol. The minimum absolute atomic E-state index is 0.0509. The van der Waals surface area contributed by atoms with Gasteiger partial charge in [0.2, 0.25) is 0 Å². The van der Waals surface area contributed by atoms with Crippen molar-refractivity contribution in [2.75, 3.05) is 20.3 Å². The number of amides is 1. The Morgan fingerprint density at radius 1 is 0.897 bits per heavy atom. The number of ether oxygens (including phenoxy) is 3. The molecule has 1 aliphatic heterocycles. The molecule has 1 fully saturated rings. The van der Waals surface area contributed by atoms with Crippen LogP contribution in [0.4, 0.5) is 0 Å². The number of hydrogen-bond donors (Lipinski definition) is 1. The first-order valence-corrected chi connectivity index (χ1v) is 13.2. The van der Waals surface area contributed by atoms with Crippen LogP contribution in [0.5, 0.6) is 17.2 Å². The van der Waals surface area contributed by atoms with Gasteiger partial charge in [0.05, 0.1) is 31.9 Å². The molecule has 0 saturated carbocycles. The quantitative estimate of drug-likeness (QED) is 0.190. The Balaban J connectivity index is 1.82. The predicted octanol–water partition coefficient (Wildman–Crippen LogP) is 6.24. The highest BCUT2D eigenvalue weighted by molar-refractivity contribution is 6.46. The van der Waals surface area contributed by atoms with Crippen molar-refractivity contribution in [2.24, 2.45) is 0 Å². The van der Waals surface area contributed by atoms with Gasteiger partial charge < -0.3 is 24.2 Å². The molecular formula is C32H35NO6. The maximum absolute atomic E-state index is 13.5. The third kappa shape index (κ3) is 5.77. The Hall–Kier alpha value is -4.26. The highest BCUT2D eigenvalue weighted by atomic mass is 16.5. The number of aliphatic hydroxyl groups is 1. The first-order valence-electron chi connectivity index (χ1n) is 13.2. The monoisotopic (exact) mass is 529 g/mol. The number of aliphatic hydroxyl groups excluding tert-OH is 1. The van der Waals surface area contributed by atoms with E-state index in [2.05, 4.69) is 0 Å². The van der Waals surface area contributed by atoms with E-state index in [0.717, 1.165) is 22.6 Å². The van der Waals surface area contributed by atoms with E-state index in [1.54, 1.807) is 31.4 Å². The fraction of sp³-hybridized carbons (Fsp3) is 0.312. The number of methoxy groups -OCH3 is 1. The van der Waals surface area contributed by atoms with Gasteiger partial charge in [-0.3, -0.25) is 9.59 Å². The van der Waals surface area contributed by atoms with Crippen LogP contribution >= 0.6 is 0 Å². The summed E-state index contributed by atoms with van der Waals surface area (Å²) in [5, 5.41) is 11.5. The molecule has 1 unspecified atom stereocenters. The van der Waals surface area contributed by atoms with Gasteiger partial charge in [0, 0.05) is 12.1 Å². The summed E-state index contributed by atoms with van der Waals surface area (Å²) in [6.07, 6.45) is 0. The number of benzene rings is 3. The Morgan fingerprint density at radius 3 is 2.13 bits per heavy atom. The molecule has 204 valence electrons. The lowest BCUT2D eigenvalue weighted by atomic mass is 9.93. The average Bonchev–Trinajstić information content (AvgIpc) is 3.19. The van der Waals surface area contributed by atoms with Crippen LogP contribution in [0.2, 0.25) is 0 Å².